The number of carbonyl (C=O) groups excluding carboxylic acids is 1. The Labute approximate surface area is 161 Å². The Bertz CT molecular complexity index is 605. The van der Waals surface area contributed by atoms with Crippen LogP contribution in [0.25, 0.3) is 0 Å². The van der Waals surface area contributed by atoms with Gasteiger partial charge in [0, 0.05) is 6.54 Å². The smallest absolute Gasteiger partial charge is 0.233 e. The molecule has 2 aliphatic heterocycles. The number of ether oxygens (including phenoxy) is 2. The lowest BCUT2D eigenvalue weighted by Gasteiger charge is -2.29. The summed E-state index contributed by atoms with van der Waals surface area (Å²) in [6.07, 6.45) is 5.02. The van der Waals surface area contributed by atoms with Crippen LogP contribution in [0.4, 0.5) is 0 Å². The van der Waals surface area contributed by atoms with E-state index in [9.17, 15) is 4.79 Å². The monoisotopic (exact) mass is 378 g/mol. The van der Waals surface area contributed by atoms with Crippen LogP contribution in [-0.2, 0) is 4.79 Å². The molecule has 0 aromatic heterocycles. The van der Waals surface area contributed by atoms with Gasteiger partial charge in [0.15, 0.2) is 11.5 Å². The van der Waals surface area contributed by atoms with Gasteiger partial charge in [-0.2, -0.15) is 0 Å². The second kappa shape index (κ2) is 9.51. The standard InChI is InChI=1S/C20H30N2O3S/c1-3-25-18-14-16(8-9-17(18)24-2)20-22(19(23)15-26-20)13-7-12-21-10-5-4-6-11-21/h8-9,14,20H,3-7,10-13,15H2,1-2H3. The Morgan fingerprint density at radius 2 is 1.96 bits per heavy atom. The van der Waals surface area contributed by atoms with Crippen molar-refractivity contribution in [2.24, 2.45) is 0 Å². The van der Waals surface area contributed by atoms with Gasteiger partial charge in [-0.25, -0.2) is 0 Å². The first-order valence-corrected chi connectivity index (χ1v) is 10.7. The van der Waals surface area contributed by atoms with E-state index < -0.39 is 0 Å². The van der Waals surface area contributed by atoms with E-state index in [0.717, 1.165) is 36.6 Å². The lowest BCUT2D eigenvalue weighted by molar-refractivity contribution is -0.128. The molecule has 1 atom stereocenters. The van der Waals surface area contributed by atoms with E-state index in [1.165, 1.54) is 32.4 Å². The number of benzene rings is 1. The van der Waals surface area contributed by atoms with Crippen LogP contribution in [0.2, 0.25) is 0 Å². The van der Waals surface area contributed by atoms with Crippen LogP contribution in [0.15, 0.2) is 18.2 Å². The predicted molar refractivity (Wildman–Crippen MR) is 106 cm³/mol. The minimum atomic E-state index is 0.0777. The zero-order valence-electron chi connectivity index (χ0n) is 15.9. The minimum absolute atomic E-state index is 0.0777. The van der Waals surface area contributed by atoms with Crippen LogP contribution >= 0.6 is 11.8 Å². The average Bonchev–Trinajstić information content (AvgIpc) is 3.03. The minimum Gasteiger partial charge on any atom is -0.493 e. The van der Waals surface area contributed by atoms with E-state index in [2.05, 4.69) is 11.0 Å². The van der Waals surface area contributed by atoms with Gasteiger partial charge in [-0.1, -0.05) is 12.5 Å². The summed E-state index contributed by atoms with van der Waals surface area (Å²) in [7, 11) is 1.65. The van der Waals surface area contributed by atoms with Crippen molar-refractivity contribution >= 4 is 17.7 Å². The highest BCUT2D eigenvalue weighted by Crippen LogP contribution is 2.41. The molecule has 1 aromatic carbocycles. The summed E-state index contributed by atoms with van der Waals surface area (Å²) in [6.45, 7) is 6.89. The number of rotatable bonds is 8. The fraction of sp³-hybridized carbons (Fsp3) is 0.650. The van der Waals surface area contributed by atoms with Gasteiger partial charge >= 0.3 is 0 Å². The number of hydrogen-bond donors (Lipinski definition) is 0. The molecule has 26 heavy (non-hydrogen) atoms. The van der Waals surface area contributed by atoms with Crippen LogP contribution in [-0.4, -0.2) is 61.4 Å². The predicted octanol–water partition coefficient (Wildman–Crippen LogP) is 3.54. The highest BCUT2D eigenvalue weighted by atomic mass is 32.2. The number of methoxy groups -OCH3 is 1. The summed E-state index contributed by atoms with van der Waals surface area (Å²) in [6, 6.07) is 6.01. The van der Waals surface area contributed by atoms with Gasteiger partial charge in [0.2, 0.25) is 5.91 Å². The largest absolute Gasteiger partial charge is 0.493 e. The number of nitrogens with zero attached hydrogens (tertiary/aromatic N) is 2. The maximum atomic E-state index is 12.4. The topological polar surface area (TPSA) is 42.0 Å². The quantitative estimate of drug-likeness (QED) is 0.692. The zero-order chi connectivity index (χ0) is 18.4. The third-order valence-electron chi connectivity index (χ3n) is 5.06. The van der Waals surface area contributed by atoms with Crippen LogP contribution in [0, 0.1) is 0 Å². The third kappa shape index (κ3) is 4.65. The maximum Gasteiger partial charge on any atom is 0.233 e. The molecule has 2 aliphatic rings. The highest BCUT2D eigenvalue weighted by Gasteiger charge is 2.33. The molecule has 0 spiro atoms. The van der Waals surface area contributed by atoms with E-state index in [1.807, 2.05) is 24.0 Å². The summed E-state index contributed by atoms with van der Waals surface area (Å²) < 4.78 is 11.1. The molecule has 1 amide bonds. The first-order chi connectivity index (χ1) is 12.7. The van der Waals surface area contributed by atoms with Gasteiger partial charge in [-0.3, -0.25) is 4.79 Å². The summed E-state index contributed by atoms with van der Waals surface area (Å²) in [5.41, 5.74) is 1.11. The second-order valence-electron chi connectivity index (χ2n) is 6.85. The van der Waals surface area contributed by atoms with Gasteiger partial charge in [0.25, 0.3) is 0 Å². The van der Waals surface area contributed by atoms with Crippen molar-refractivity contribution in [1.82, 2.24) is 9.80 Å². The van der Waals surface area contributed by atoms with Crippen molar-refractivity contribution in [2.45, 2.75) is 38.0 Å². The Kier molecular flexibility index (Phi) is 7.08. The molecule has 3 rings (SSSR count). The summed E-state index contributed by atoms with van der Waals surface area (Å²) in [5.74, 6) is 2.29. The molecule has 2 fully saturated rings. The average molecular weight is 379 g/mol. The van der Waals surface area contributed by atoms with E-state index in [4.69, 9.17) is 9.47 Å². The molecule has 0 radical (unpaired) electrons. The molecular weight excluding hydrogens is 348 g/mol. The molecule has 6 heteroatoms. The van der Waals surface area contributed by atoms with E-state index in [1.54, 1.807) is 18.9 Å². The van der Waals surface area contributed by atoms with Crippen LogP contribution in [0.3, 0.4) is 0 Å². The number of hydrogen-bond acceptors (Lipinski definition) is 5. The van der Waals surface area contributed by atoms with E-state index in [-0.39, 0.29) is 11.3 Å². The molecular formula is C20H30N2O3S. The van der Waals surface area contributed by atoms with Crippen molar-refractivity contribution in [1.29, 1.82) is 0 Å². The molecule has 2 saturated heterocycles. The number of piperidine rings is 1. The first kappa shape index (κ1) is 19.4. The van der Waals surface area contributed by atoms with Gasteiger partial charge in [0.05, 0.1) is 19.5 Å². The van der Waals surface area contributed by atoms with Crippen molar-refractivity contribution < 1.29 is 14.3 Å². The summed E-state index contributed by atoms with van der Waals surface area (Å²) in [4.78, 5) is 17.0. The Balaban J connectivity index is 1.64. The first-order valence-electron chi connectivity index (χ1n) is 9.67. The van der Waals surface area contributed by atoms with Crippen LogP contribution < -0.4 is 9.47 Å². The fourth-order valence-corrected chi connectivity index (χ4v) is 4.94. The van der Waals surface area contributed by atoms with Crippen molar-refractivity contribution in [2.75, 3.05) is 45.6 Å². The van der Waals surface area contributed by atoms with Gasteiger partial charge in [0.1, 0.15) is 5.37 Å². The molecule has 0 saturated carbocycles. The zero-order valence-corrected chi connectivity index (χ0v) is 16.7. The van der Waals surface area contributed by atoms with Gasteiger partial charge in [-0.05, 0) is 63.5 Å². The molecule has 1 aromatic rings. The molecule has 144 valence electrons. The number of amides is 1. The van der Waals surface area contributed by atoms with Gasteiger partial charge in [-0.15, -0.1) is 11.8 Å². The lowest BCUT2D eigenvalue weighted by Crippen LogP contribution is -2.34. The normalized spacial score (nSPS) is 21.2. The molecule has 1 unspecified atom stereocenters. The number of thioether (sulfide) groups is 1. The van der Waals surface area contributed by atoms with Crippen molar-refractivity contribution in [3.63, 3.8) is 0 Å². The molecule has 0 N–H and O–H groups in total. The Morgan fingerprint density at radius 3 is 2.69 bits per heavy atom. The van der Waals surface area contributed by atoms with E-state index in [0.29, 0.717) is 12.4 Å². The lowest BCUT2D eigenvalue weighted by atomic mass is 10.1. The SMILES string of the molecule is CCOc1cc(C2SCC(=O)N2CCCN2CCCCC2)ccc1OC. The molecule has 2 heterocycles. The van der Waals surface area contributed by atoms with Crippen molar-refractivity contribution in [3.05, 3.63) is 23.8 Å². The van der Waals surface area contributed by atoms with Gasteiger partial charge < -0.3 is 19.3 Å². The summed E-state index contributed by atoms with van der Waals surface area (Å²) in [5, 5.41) is 0.0777. The van der Waals surface area contributed by atoms with Crippen molar-refractivity contribution in [3.8, 4) is 11.5 Å². The maximum absolute atomic E-state index is 12.4. The van der Waals surface area contributed by atoms with Crippen LogP contribution in [0.5, 0.6) is 11.5 Å². The molecule has 0 bridgehead atoms. The number of carbonyl (C=O) groups is 1. The number of likely N-dealkylation sites (tertiary alicyclic amines) is 1. The highest BCUT2D eigenvalue weighted by molar-refractivity contribution is 8.00. The molecule has 0 aliphatic carbocycles. The van der Waals surface area contributed by atoms with Crippen LogP contribution in [0.1, 0.15) is 43.5 Å². The van der Waals surface area contributed by atoms with E-state index >= 15 is 0 Å². The Hall–Kier alpha value is -1.40. The second-order valence-corrected chi connectivity index (χ2v) is 7.92. The molecule has 5 nitrogen and oxygen atoms in total. The third-order valence-corrected chi connectivity index (χ3v) is 6.32. The Morgan fingerprint density at radius 1 is 1.15 bits per heavy atom. The fourth-order valence-electron chi connectivity index (χ4n) is 3.73. The summed E-state index contributed by atoms with van der Waals surface area (Å²) >= 11 is 1.70.